The summed E-state index contributed by atoms with van der Waals surface area (Å²) in [6, 6.07) is 0.328. The molecule has 0 spiro atoms. The van der Waals surface area contributed by atoms with Crippen LogP contribution >= 0.6 is 0 Å². The minimum atomic E-state index is 0.0308. The number of nitrogens with zero attached hydrogens (tertiary/aromatic N) is 1. The molecule has 1 atom stereocenters. The summed E-state index contributed by atoms with van der Waals surface area (Å²) < 4.78 is 0. The fourth-order valence-corrected chi connectivity index (χ4v) is 1.02. The molecule has 64 valence electrons. The largest absolute Gasteiger partial charge is 0.375 e. The molecular weight excluding hydrogens is 140 g/mol. The van der Waals surface area contributed by atoms with Crippen LogP contribution in [0, 0.1) is 5.41 Å². The number of aliphatic hydroxyl groups is 1. The van der Waals surface area contributed by atoms with Crippen molar-refractivity contribution in [2.45, 2.75) is 26.8 Å². The van der Waals surface area contributed by atoms with E-state index in [2.05, 4.69) is 32.3 Å². The van der Waals surface area contributed by atoms with Crippen molar-refractivity contribution in [1.29, 1.82) is 0 Å². The maximum Gasteiger partial charge on any atom is 0.129 e. The van der Waals surface area contributed by atoms with E-state index in [1.54, 1.807) is 5.01 Å². The van der Waals surface area contributed by atoms with Gasteiger partial charge in [-0.2, -0.15) is 0 Å². The summed E-state index contributed by atoms with van der Waals surface area (Å²) >= 11 is 0. The molecule has 0 aromatic rings. The SMILES string of the molecule is CC(C)(C)C1C=CN(CO)N1. The van der Waals surface area contributed by atoms with Gasteiger partial charge in [-0.15, -0.1) is 0 Å². The fraction of sp³-hybridized carbons (Fsp3) is 0.750. The van der Waals surface area contributed by atoms with E-state index in [9.17, 15) is 0 Å². The smallest absolute Gasteiger partial charge is 0.129 e. The lowest BCUT2D eigenvalue weighted by molar-refractivity contribution is 0.0939. The monoisotopic (exact) mass is 156 g/mol. The molecule has 11 heavy (non-hydrogen) atoms. The van der Waals surface area contributed by atoms with Crippen LogP contribution in [-0.2, 0) is 0 Å². The first-order chi connectivity index (χ1) is 5.04. The lowest BCUT2D eigenvalue weighted by Gasteiger charge is -2.27. The molecule has 1 rings (SSSR count). The molecule has 0 saturated carbocycles. The lowest BCUT2D eigenvalue weighted by atomic mass is 9.88. The maximum absolute atomic E-state index is 8.76. The molecule has 1 aliphatic heterocycles. The highest BCUT2D eigenvalue weighted by Gasteiger charge is 2.26. The molecule has 0 amide bonds. The van der Waals surface area contributed by atoms with E-state index < -0.39 is 0 Å². The number of hydrazine groups is 1. The third kappa shape index (κ3) is 1.94. The van der Waals surface area contributed by atoms with Crippen LogP contribution in [0.25, 0.3) is 0 Å². The molecule has 0 aliphatic carbocycles. The van der Waals surface area contributed by atoms with Gasteiger partial charge in [-0.1, -0.05) is 20.8 Å². The number of nitrogens with one attached hydrogen (secondary N) is 1. The fourth-order valence-electron chi connectivity index (χ4n) is 1.02. The van der Waals surface area contributed by atoms with Crippen LogP contribution in [0.2, 0.25) is 0 Å². The van der Waals surface area contributed by atoms with Crippen LogP contribution in [0.15, 0.2) is 12.3 Å². The summed E-state index contributed by atoms with van der Waals surface area (Å²) in [6.45, 7) is 6.52. The van der Waals surface area contributed by atoms with Crippen molar-refractivity contribution in [3.8, 4) is 0 Å². The molecule has 3 heteroatoms. The Bertz CT molecular complexity index is 160. The topological polar surface area (TPSA) is 35.5 Å². The van der Waals surface area contributed by atoms with Crippen molar-refractivity contribution in [3.05, 3.63) is 12.3 Å². The van der Waals surface area contributed by atoms with Crippen LogP contribution in [0.1, 0.15) is 20.8 Å². The Morgan fingerprint density at radius 2 is 2.18 bits per heavy atom. The van der Waals surface area contributed by atoms with Gasteiger partial charge in [0.25, 0.3) is 0 Å². The number of aliphatic hydroxyl groups excluding tert-OH is 1. The molecule has 0 saturated heterocycles. The molecule has 1 unspecified atom stereocenters. The van der Waals surface area contributed by atoms with E-state index >= 15 is 0 Å². The van der Waals surface area contributed by atoms with E-state index in [4.69, 9.17) is 5.11 Å². The Kier molecular flexibility index (Phi) is 2.20. The molecule has 0 fully saturated rings. The second kappa shape index (κ2) is 2.83. The van der Waals surface area contributed by atoms with Crippen molar-refractivity contribution in [2.24, 2.45) is 5.41 Å². The van der Waals surface area contributed by atoms with E-state index in [1.807, 2.05) is 6.20 Å². The molecule has 0 bridgehead atoms. The molecular formula is C8H16N2O. The van der Waals surface area contributed by atoms with Gasteiger partial charge in [0.15, 0.2) is 0 Å². The quantitative estimate of drug-likeness (QED) is 0.586. The van der Waals surface area contributed by atoms with Crippen LogP contribution < -0.4 is 5.43 Å². The number of rotatable bonds is 1. The second-order valence-electron chi connectivity index (χ2n) is 3.93. The minimum Gasteiger partial charge on any atom is -0.375 e. The zero-order chi connectivity index (χ0) is 8.48. The van der Waals surface area contributed by atoms with Crippen molar-refractivity contribution >= 4 is 0 Å². The summed E-state index contributed by atoms with van der Waals surface area (Å²) in [7, 11) is 0. The van der Waals surface area contributed by atoms with Crippen LogP contribution in [0.4, 0.5) is 0 Å². The average molecular weight is 156 g/mol. The highest BCUT2D eigenvalue weighted by Crippen LogP contribution is 2.22. The van der Waals surface area contributed by atoms with Crippen LogP contribution in [0.5, 0.6) is 0 Å². The van der Waals surface area contributed by atoms with Gasteiger partial charge in [-0.25, -0.2) is 5.43 Å². The zero-order valence-corrected chi connectivity index (χ0v) is 7.33. The molecule has 0 radical (unpaired) electrons. The van der Waals surface area contributed by atoms with Crippen molar-refractivity contribution in [1.82, 2.24) is 10.4 Å². The first kappa shape index (κ1) is 8.56. The summed E-state index contributed by atoms with van der Waals surface area (Å²) in [5, 5.41) is 10.4. The molecule has 0 aromatic heterocycles. The third-order valence-electron chi connectivity index (χ3n) is 1.85. The molecule has 1 aliphatic rings. The van der Waals surface area contributed by atoms with Crippen molar-refractivity contribution in [3.63, 3.8) is 0 Å². The van der Waals surface area contributed by atoms with E-state index in [0.717, 1.165) is 0 Å². The van der Waals surface area contributed by atoms with Crippen LogP contribution in [-0.4, -0.2) is 22.9 Å². The van der Waals surface area contributed by atoms with Gasteiger partial charge in [-0.3, -0.25) is 5.01 Å². The summed E-state index contributed by atoms with van der Waals surface area (Å²) in [5.74, 6) is 0. The summed E-state index contributed by atoms with van der Waals surface area (Å²) in [6.07, 6.45) is 3.94. The van der Waals surface area contributed by atoms with Gasteiger partial charge >= 0.3 is 0 Å². The van der Waals surface area contributed by atoms with Crippen molar-refractivity contribution in [2.75, 3.05) is 6.73 Å². The first-order valence-corrected chi connectivity index (χ1v) is 3.86. The zero-order valence-electron chi connectivity index (χ0n) is 7.33. The summed E-state index contributed by atoms with van der Waals surface area (Å²) in [5.41, 5.74) is 3.36. The van der Waals surface area contributed by atoms with Crippen molar-refractivity contribution < 1.29 is 5.11 Å². The predicted octanol–water partition coefficient (Wildman–Crippen LogP) is 0.685. The predicted molar refractivity (Wildman–Crippen MR) is 44.4 cm³/mol. The Hall–Kier alpha value is -0.540. The van der Waals surface area contributed by atoms with Gasteiger partial charge in [0.2, 0.25) is 0 Å². The van der Waals surface area contributed by atoms with E-state index in [1.165, 1.54) is 0 Å². The van der Waals surface area contributed by atoms with Gasteiger partial charge in [0.1, 0.15) is 6.73 Å². The number of hydrogen-bond donors (Lipinski definition) is 2. The highest BCUT2D eigenvalue weighted by atomic mass is 16.3. The Labute approximate surface area is 67.7 Å². The third-order valence-corrected chi connectivity index (χ3v) is 1.85. The normalized spacial score (nSPS) is 24.7. The van der Waals surface area contributed by atoms with Gasteiger partial charge < -0.3 is 5.11 Å². The summed E-state index contributed by atoms with van der Waals surface area (Å²) in [4.78, 5) is 0. The second-order valence-corrected chi connectivity index (χ2v) is 3.93. The first-order valence-electron chi connectivity index (χ1n) is 3.86. The molecule has 2 N–H and O–H groups in total. The number of hydrogen-bond acceptors (Lipinski definition) is 3. The highest BCUT2D eigenvalue weighted by molar-refractivity contribution is 5.03. The maximum atomic E-state index is 8.76. The molecule has 1 heterocycles. The lowest BCUT2D eigenvalue weighted by Crippen LogP contribution is -2.42. The Balaban J connectivity index is 2.50. The standard InChI is InChI=1S/C8H16N2O/c1-8(2,3)7-4-5-10(6-11)9-7/h4-5,7,9,11H,6H2,1-3H3. The van der Waals surface area contributed by atoms with Gasteiger partial charge in [0.05, 0.1) is 6.04 Å². The van der Waals surface area contributed by atoms with Crippen LogP contribution in [0.3, 0.4) is 0 Å². The van der Waals surface area contributed by atoms with Gasteiger partial charge in [-0.05, 0) is 11.5 Å². The van der Waals surface area contributed by atoms with Gasteiger partial charge in [0, 0.05) is 6.20 Å². The Morgan fingerprint density at radius 1 is 1.55 bits per heavy atom. The molecule has 0 aromatic carbocycles. The Morgan fingerprint density at radius 3 is 2.45 bits per heavy atom. The average Bonchev–Trinajstić information content (AvgIpc) is 2.32. The molecule has 3 nitrogen and oxygen atoms in total. The van der Waals surface area contributed by atoms with E-state index in [-0.39, 0.29) is 12.1 Å². The minimum absolute atomic E-state index is 0.0308. The van der Waals surface area contributed by atoms with E-state index in [0.29, 0.717) is 6.04 Å².